The van der Waals surface area contributed by atoms with Gasteiger partial charge in [-0.25, -0.2) is 0 Å². The molecule has 1 N–H and O–H groups in total. The van der Waals surface area contributed by atoms with Gasteiger partial charge >= 0.3 is 12.1 Å². The van der Waals surface area contributed by atoms with Crippen molar-refractivity contribution in [2.24, 2.45) is 11.8 Å². The predicted octanol–water partition coefficient (Wildman–Crippen LogP) is 3.21. The normalized spacial score (nSPS) is 17.6. The second kappa shape index (κ2) is 7.23. The number of benzene rings is 1. The molecular weight excluding hydrogens is 323 g/mol. The Hall–Kier alpha value is -2.05. The number of carboxylic acids is 1. The summed E-state index contributed by atoms with van der Waals surface area (Å²) in [5.41, 5.74) is -0.0368. The third kappa shape index (κ3) is 4.49. The van der Waals surface area contributed by atoms with Gasteiger partial charge < -0.3 is 10.0 Å². The van der Waals surface area contributed by atoms with E-state index in [1.165, 1.54) is 12.1 Å². The molecule has 0 aromatic heterocycles. The largest absolute Gasteiger partial charge is 0.481 e. The number of piperidine rings is 1. The third-order valence-corrected chi connectivity index (χ3v) is 4.40. The number of carbonyl (C=O) groups excluding carboxylic acids is 1. The zero-order chi connectivity index (χ0) is 17.9. The Labute approximate surface area is 138 Å². The predicted molar refractivity (Wildman–Crippen MR) is 81.3 cm³/mol. The van der Waals surface area contributed by atoms with Crippen molar-refractivity contribution in [3.05, 3.63) is 35.4 Å². The highest BCUT2D eigenvalue weighted by Gasteiger charge is 2.31. The van der Waals surface area contributed by atoms with Crippen LogP contribution in [0, 0.1) is 11.8 Å². The van der Waals surface area contributed by atoms with E-state index in [9.17, 15) is 22.8 Å². The first kappa shape index (κ1) is 18.3. The molecule has 0 bridgehead atoms. The van der Waals surface area contributed by atoms with Crippen molar-refractivity contribution in [3.8, 4) is 0 Å². The highest BCUT2D eigenvalue weighted by molar-refractivity contribution is 5.79. The highest BCUT2D eigenvalue weighted by Crippen LogP contribution is 2.29. The van der Waals surface area contributed by atoms with Crippen LogP contribution in [0.1, 0.15) is 30.9 Å². The Morgan fingerprint density at radius 2 is 1.75 bits per heavy atom. The second-order valence-electron chi connectivity index (χ2n) is 6.24. The van der Waals surface area contributed by atoms with Crippen molar-refractivity contribution in [2.45, 2.75) is 32.4 Å². The number of amides is 1. The van der Waals surface area contributed by atoms with Crippen LogP contribution < -0.4 is 0 Å². The lowest BCUT2D eigenvalue weighted by molar-refractivity contribution is -0.146. The Kier molecular flexibility index (Phi) is 5.51. The maximum atomic E-state index is 12.5. The quantitative estimate of drug-likeness (QED) is 0.913. The number of rotatable bonds is 4. The van der Waals surface area contributed by atoms with Gasteiger partial charge in [0.1, 0.15) is 0 Å². The number of nitrogens with zero attached hydrogens (tertiary/aromatic N) is 1. The highest BCUT2D eigenvalue weighted by atomic mass is 19.4. The molecule has 1 saturated heterocycles. The maximum absolute atomic E-state index is 12.5. The minimum Gasteiger partial charge on any atom is -0.481 e. The lowest BCUT2D eigenvalue weighted by Gasteiger charge is -2.32. The SMILES string of the molecule is CC(Cc1ccc(C(F)(F)F)cc1)C(=O)N1CCC(C(=O)O)CC1. The molecular formula is C17H20F3NO3. The van der Waals surface area contributed by atoms with E-state index in [1.807, 2.05) is 0 Å². The van der Waals surface area contributed by atoms with E-state index in [2.05, 4.69) is 0 Å². The summed E-state index contributed by atoms with van der Waals surface area (Å²) < 4.78 is 37.6. The molecule has 0 saturated carbocycles. The molecule has 1 aromatic rings. The zero-order valence-electron chi connectivity index (χ0n) is 13.3. The molecule has 24 heavy (non-hydrogen) atoms. The first-order chi connectivity index (χ1) is 11.2. The molecule has 1 atom stereocenters. The molecule has 0 aliphatic carbocycles. The average molecular weight is 343 g/mol. The van der Waals surface area contributed by atoms with Gasteiger partial charge in [0.25, 0.3) is 0 Å². The number of carboxylic acid groups (broad SMARTS) is 1. The fourth-order valence-electron chi connectivity index (χ4n) is 2.93. The van der Waals surface area contributed by atoms with Crippen LogP contribution in [0.25, 0.3) is 0 Å². The van der Waals surface area contributed by atoms with Gasteiger partial charge in [-0.2, -0.15) is 13.2 Å². The molecule has 1 amide bonds. The zero-order valence-corrected chi connectivity index (χ0v) is 13.3. The number of hydrogen-bond acceptors (Lipinski definition) is 2. The van der Waals surface area contributed by atoms with Crippen molar-refractivity contribution >= 4 is 11.9 Å². The average Bonchev–Trinajstić information content (AvgIpc) is 2.54. The molecule has 1 aliphatic heterocycles. The van der Waals surface area contributed by atoms with E-state index in [4.69, 9.17) is 5.11 Å². The smallest absolute Gasteiger partial charge is 0.416 e. The van der Waals surface area contributed by atoms with Gasteiger partial charge in [-0.05, 0) is 37.0 Å². The van der Waals surface area contributed by atoms with E-state index in [0.29, 0.717) is 37.9 Å². The first-order valence-electron chi connectivity index (χ1n) is 7.86. The van der Waals surface area contributed by atoms with Gasteiger partial charge in [-0.3, -0.25) is 9.59 Å². The van der Waals surface area contributed by atoms with Crippen molar-refractivity contribution in [1.29, 1.82) is 0 Å². The van der Waals surface area contributed by atoms with E-state index in [0.717, 1.165) is 12.1 Å². The van der Waals surface area contributed by atoms with Gasteiger partial charge in [0.05, 0.1) is 11.5 Å². The van der Waals surface area contributed by atoms with Crippen molar-refractivity contribution in [1.82, 2.24) is 4.90 Å². The lowest BCUT2D eigenvalue weighted by Crippen LogP contribution is -2.43. The van der Waals surface area contributed by atoms with E-state index in [1.54, 1.807) is 11.8 Å². The van der Waals surface area contributed by atoms with Gasteiger partial charge in [0.2, 0.25) is 5.91 Å². The summed E-state index contributed by atoms with van der Waals surface area (Å²) in [6.07, 6.45) is -3.13. The summed E-state index contributed by atoms with van der Waals surface area (Å²) in [5, 5.41) is 8.96. The summed E-state index contributed by atoms with van der Waals surface area (Å²) in [7, 11) is 0. The molecule has 1 aliphatic rings. The molecule has 1 heterocycles. The number of carbonyl (C=O) groups is 2. The third-order valence-electron chi connectivity index (χ3n) is 4.40. The van der Waals surface area contributed by atoms with Gasteiger partial charge in [-0.15, -0.1) is 0 Å². The van der Waals surface area contributed by atoms with Crippen LogP contribution in [0.3, 0.4) is 0 Å². The Morgan fingerprint density at radius 1 is 1.21 bits per heavy atom. The molecule has 1 unspecified atom stereocenters. The summed E-state index contributed by atoms with van der Waals surface area (Å²) in [6.45, 7) is 2.56. The summed E-state index contributed by atoms with van der Waals surface area (Å²) in [5.74, 6) is -1.68. The molecule has 1 aromatic carbocycles. The van der Waals surface area contributed by atoms with Crippen LogP contribution in [-0.2, 0) is 22.2 Å². The molecule has 0 spiro atoms. The standard InChI is InChI=1S/C17H20F3NO3/c1-11(10-12-2-4-14(5-3-12)17(18,19)20)15(22)21-8-6-13(7-9-21)16(23)24/h2-5,11,13H,6-10H2,1H3,(H,23,24). The van der Waals surface area contributed by atoms with Crippen LogP contribution in [0.2, 0.25) is 0 Å². The van der Waals surface area contributed by atoms with Crippen molar-refractivity contribution in [2.75, 3.05) is 13.1 Å². The summed E-state index contributed by atoms with van der Waals surface area (Å²) >= 11 is 0. The van der Waals surface area contributed by atoms with E-state index < -0.39 is 23.6 Å². The van der Waals surface area contributed by atoms with Crippen LogP contribution in [0.5, 0.6) is 0 Å². The van der Waals surface area contributed by atoms with E-state index >= 15 is 0 Å². The monoisotopic (exact) mass is 343 g/mol. The molecule has 0 radical (unpaired) electrons. The number of aliphatic carboxylic acids is 1. The molecule has 4 nitrogen and oxygen atoms in total. The van der Waals surface area contributed by atoms with Crippen LogP contribution in [0.4, 0.5) is 13.2 Å². The van der Waals surface area contributed by atoms with Crippen molar-refractivity contribution < 1.29 is 27.9 Å². The fourth-order valence-corrected chi connectivity index (χ4v) is 2.93. The molecule has 1 fully saturated rings. The minimum absolute atomic E-state index is 0.0845. The van der Waals surface area contributed by atoms with Gasteiger partial charge in [0.15, 0.2) is 0 Å². The number of alkyl halides is 3. The fraction of sp³-hybridized carbons (Fsp3) is 0.529. The first-order valence-corrected chi connectivity index (χ1v) is 7.86. The minimum atomic E-state index is -4.37. The molecule has 7 heteroatoms. The molecule has 2 rings (SSSR count). The van der Waals surface area contributed by atoms with Crippen LogP contribution >= 0.6 is 0 Å². The Morgan fingerprint density at radius 3 is 2.21 bits per heavy atom. The van der Waals surface area contributed by atoms with Crippen LogP contribution in [0.15, 0.2) is 24.3 Å². The second-order valence-corrected chi connectivity index (χ2v) is 6.24. The number of hydrogen-bond donors (Lipinski definition) is 1. The topological polar surface area (TPSA) is 57.6 Å². The van der Waals surface area contributed by atoms with Crippen LogP contribution in [-0.4, -0.2) is 35.0 Å². The summed E-state index contributed by atoms with van der Waals surface area (Å²) in [6, 6.07) is 4.82. The van der Waals surface area contributed by atoms with Gasteiger partial charge in [0, 0.05) is 19.0 Å². The van der Waals surface area contributed by atoms with E-state index in [-0.39, 0.29) is 11.8 Å². The number of likely N-dealkylation sites (tertiary alicyclic amines) is 1. The summed E-state index contributed by atoms with van der Waals surface area (Å²) in [4.78, 5) is 25.0. The maximum Gasteiger partial charge on any atom is 0.416 e. The van der Waals surface area contributed by atoms with Crippen molar-refractivity contribution in [3.63, 3.8) is 0 Å². The van der Waals surface area contributed by atoms with Gasteiger partial charge in [-0.1, -0.05) is 19.1 Å². The molecule has 132 valence electrons. The Bertz CT molecular complexity index is 590. The lowest BCUT2D eigenvalue weighted by atomic mass is 9.94. The Balaban J connectivity index is 1.91. The number of halogens is 3.